The number of hydrogen-bond acceptors (Lipinski definition) is 7. The van der Waals surface area contributed by atoms with Crippen LogP contribution in [0.2, 0.25) is 0 Å². The minimum absolute atomic E-state index is 0.0241. The first-order valence-electron chi connectivity index (χ1n) is 5.40. The van der Waals surface area contributed by atoms with Crippen LogP contribution in [-0.2, 0) is 11.3 Å². The molecule has 0 saturated carbocycles. The number of esters is 1. The van der Waals surface area contributed by atoms with Crippen LogP contribution in [-0.4, -0.2) is 16.3 Å². The van der Waals surface area contributed by atoms with E-state index in [2.05, 4.69) is 14.8 Å². The largest absolute Gasteiger partial charge is 0.461 e. The molecular formula is C12H8N2O5. The average Bonchev–Trinajstić information content (AvgIpc) is 3.14. The molecule has 0 amide bonds. The first-order chi connectivity index (χ1) is 9.33. The molecule has 0 spiro atoms. The predicted octanol–water partition coefficient (Wildman–Crippen LogP) is 2.28. The molecule has 96 valence electrons. The van der Waals surface area contributed by atoms with E-state index in [1.165, 1.54) is 18.5 Å². The van der Waals surface area contributed by atoms with Crippen LogP contribution in [0.5, 0.6) is 0 Å². The number of carbonyl (C=O) groups is 1. The van der Waals surface area contributed by atoms with Gasteiger partial charge in [0.15, 0.2) is 5.76 Å². The maximum absolute atomic E-state index is 11.5. The van der Waals surface area contributed by atoms with Crippen molar-refractivity contribution < 1.29 is 23.0 Å². The lowest BCUT2D eigenvalue weighted by Crippen LogP contribution is -2.03. The molecule has 0 atom stereocenters. The molecule has 0 N–H and O–H groups in total. The van der Waals surface area contributed by atoms with E-state index in [0.29, 0.717) is 17.2 Å². The number of hydrogen-bond donors (Lipinski definition) is 0. The number of carbonyl (C=O) groups excluding carboxylic acids is 1. The van der Waals surface area contributed by atoms with Gasteiger partial charge in [-0.2, -0.15) is 0 Å². The van der Waals surface area contributed by atoms with E-state index < -0.39 is 5.97 Å². The first-order valence-corrected chi connectivity index (χ1v) is 5.40. The van der Waals surface area contributed by atoms with Crippen LogP contribution in [0.25, 0.3) is 11.5 Å². The number of rotatable bonds is 4. The van der Waals surface area contributed by atoms with Gasteiger partial charge in [0, 0.05) is 12.1 Å². The minimum Gasteiger partial charge on any atom is -0.461 e. The smallest absolute Gasteiger partial charge is 0.377 e. The van der Waals surface area contributed by atoms with Crippen LogP contribution >= 0.6 is 0 Å². The van der Waals surface area contributed by atoms with E-state index in [1.807, 2.05) is 0 Å². The summed E-state index contributed by atoms with van der Waals surface area (Å²) in [7, 11) is 0. The molecule has 0 aliphatic rings. The van der Waals surface area contributed by atoms with Gasteiger partial charge in [-0.1, -0.05) is 10.3 Å². The molecule has 3 aromatic heterocycles. The van der Waals surface area contributed by atoms with Crippen LogP contribution in [0.3, 0.4) is 0 Å². The summed E-state index contributed by atoms with van der Waals surface area (Å²) in [5, 5.41) is 7.18. The van der Waals surface area contributed by atoms with Crippen molar-refractivity contribution in [1.29, 1.82) is 0 Å². The van der Waals surface area contributed by atoms with Gasteiger partial charge >= 0.3 is 5.97 Å². The molecule has 7 heteroatoms. The standard InChI is InChI=1S/C12H8N2O5/c15-12(10-3-4-13-18-10)17-7-8-6-11(19-14-8)9-2-1-5-16-9/h1-6H,7H2. The molecule has 3 rings (SSSR count). The van der Waals surface area contributed by atoms with E-state index in [1.54, 1.807) is 18.2 Å². The summed E-state index contributed by atoms with van der Waals surface area (Å²) in [6.45, 7) is -0.0241. The molecule has 0 saturated heterocycles. The second kappa shape index (κ2) is 4.81. The summed E-state index contributed by atoms with van der Waals surface area (Å²) in [4.78, 5) is 11.5. The molecule has 0 aromatic carbocycles. The zero-order valence-electron chi connectivity index (χ0n) is 9.61. The van der Waals surface area contributed by atoms with Gasteiger partial charge in [-0.25, -0.2) is 4.79 Å². The number of nitrogens with zero attached hydrogens (tertiary/aromatic N) is 2. The Morgan fingerprint density at radius 2 is 2.21 bits per heavy atom. The Morgan fingerprint density at radius 3 is 2.95 bits per heavy atom. The van der Waals surface area contributed by atoms with E-state index in [4.69, 9.17) is 13.7 Å². The van der Waals surface area contributed by atoms with Gasteiger partial charge in [-0.05, 0) is 12.1 Å². The van der Waals surface area contributed by atoms with Crippen molar-refractivity contribution in [2.24, 2.45) is 0 Å². The molecule has 0 aliphatic heterocycles. The SMILES string of the molecule is O=C(OCc1cc(-c2ccco2)on1)c1ccno1. The minimum atomic E-state index is -0.611. The normalized spacial score (nSPS) is 10.5. The van der Waals surface area contributed by atoms with Crippen LogP contribution in [0, 0.1) is 0 Å². The van der Waals surface area contributed by atoms with Gasteiger partial charge < -0.3 is 18.2 Å². The summed E-state index contributed by atoms with van der Waals surface area (Å²) >= 11 is 0. The highest BCUT2D eigenvalue weighted by Crippen LogP contribution is 2.20. The number of furan rings is 1. The monoisotopic (exact) mass is 260 g/mol. The van der Waals surface area contributed by atoms with Crippen molar-refractivity contribution in [3.8, 4) is 11.5 Å². The molecule has 3 heterocycles. The second-order valence-electron chi connectivity index (χ2n) is 3.61. The molecule has 0 aliphatic carbocycles. The van der Waals surface area contributed by atoms with Crippen molar-refractivity contribution in [3.63, 3.8) is 0 Å². The summed E-state index contributed by atoms with van der Waals surface area (Å²) in [5.74, 6) is 0.450. The quantitative estimate of drug-likeness (QED) is 0.664. The molecule has 0 radical (unpaired) electrons. The van der Waals surface area contributed by atoms with Gasteiger partial charge in [0.1, 0.15) is 12.3 Å². The van der Waals surface area contributed by atoms with Crippen LogP contribution in [0.4, 0.5) is 0 Å². The third-order valence-electron chi connectivity index (χ3n) is 2.31. The van der Waals surface area contributed by atoms with Crippen molar-refractivity contribution in [3.05, 3.63) is 48.2 Å². The molecule has 0 bridgehead atoms. The fourth-order valence-corrected chi connectivity index (χ4v) is 1.45. The Labute approximate surface area is 106 Å². The highest BCUT2D eigenvalue weighted by Gasteiger charge is 2.14. The Bertz CT molecular complexity index is 654. The fraction of sp³-hybridized carbons (Fsp3) is 0.0833. The third kappa shape index (κ3) is 2.39. The van der Waals surface area contributed by atoms with E-state index in [0.717, 1.165) is 0 Å². The highest BCUT2D eigenvalue weighted by atomic mass is 16.6. The lowest BCUT2D eigenvalue weighted by molar-refractivity contribution is 0.0417. The summed E-state index contributed by atoms with van der Waals surface area (Å²) in [5.41, 5.74) is 0.472. The topological polar surface area (TPSA) is 91.5 Å². The van der Waals surface area contributed by atoms with Crippen molar-refractivity contribution in [2.75, 3.05) is 0 Å². The van der Waals surface area contributed by atoms with Crippen LogP contribution < -0.4 is 0 Å². The second-order valence-corrected chi connectivity index (χ2v) is 3.61. The van der Waals surface area contributed by atoms with Gasteiger partial charge in [0.2, 0.25) is 11.5 Å². The molecule has 3 aromatic rings. The molecule has 0 fully saturated rings. The Kier molecular flexibility index (Phi) is 2.85. The molecule has 0 unspecified atom stereocenters. The maximum atomic E-state index is 11.5. The lowest BCUT2D eigenvalue weighted by Gasteiger charge is -1.97. The Balaban J connectivity index is 1.63. The van der Waals surface area contributed by atoms with Gasteiger partial charge in [-0.3, -0.25) is 0 Å². The number of aromatic nitrogens is 2. The highest BCUT2D eigenvalue weighted by molar-refractivity contribution is 5.85. The van der Waals surface area contributed by atoms with E-state index in [-0.39, 0.29) is 12.4 Å². The molecule has 7 nitrogen and oxygen atoms in total. The lowest BCUT2D eigenvalue weighted by atomic mass is 10.3. The summed E-state index contributed by atoms with van der Waals surface area (Å²) in [6, 6.07) is 6.53. The zero-order valence-corrected chi connectivity index (χ0v) is 9.61. The average molecular weight is 260 g/mol. The number of ether oxygens (including phenoxy) is 1. The van der Waals surface area contributed by atoms with Crippen LogP contribution in [0.1, 0.15) is 16.2 Å². The summed E-state index contributed by atoms with van der Waals surface area (Å²) in [6.07, 6.45) is 2.89. The Hall–Kier alpha value is -2.83. The third-order valence-corrected chi connectivity index (χ3v) is 2.31. The Morgan fingerprint density at radius 1 is 1.26 bits per heavy atom. The van der Waals surface area contributed by atoms with Crippen molar-refractivity contribution >= 4 is 5.97 Å². The fourth-order valence-electron chi connectivity index (χ4n) is 1.45. The van der Waals surface area contributed by atoms with Crippen molar-refractivity contribution in [2.45, 2.75) is 6.61 Å². The van der Waals surface area contributed by atoms with Crippen LogP contribution in [0.15, 0.2) is 50.2 Å². The van der Waals surface area contributed by atoms with E-state index >= 15 is 0 Å². The first kappa shape index (κ1) is 11.3. The van der Waals surface area contributed by atoms with E-state index in [9.17, 15) is 4.79 Å². The van der Waals surface area contributed by atoms with Gasteiger partial charge in [0.05, 0.1) is 12.5 Å². The maximum Gasteiger partial charge on any atom is 0.377 e. The molecule has 19 heavy (non-hydrogen) atoms. The van der Waals surface area contributed by atoms with Crippen molar-refractivity contribution in [1.82, 2.24) is 10.3 Å². The van der Waals surface area contributed by atoms with Gasteiger partial charge in [-0.15, -0.1) is 0 Å². The summed E-state index contributed by atoms with van der Waals surface area (Å²) < 4.78 is 19.9. The van der Waals surface area contributed by atoms with Gasteiger partial charge in [0.25, 0.3) is 0 Å². The predicted molar refractivity (Wildman–Crippen MR) is 59.8 cm³/mol. The zero-order chi connectivity index (χ0) is 13.1. The molecular weight excluding hydrogens is 252 g/mol.